The van der Waals surface area contributed by atoms with Gasteiger partial charge in [-0.05, 0) is 72.1 Å². The summed E-state index contributed by atoms with van der Waals surface area (Å²) in [5, 5.41) is 0.818. The Morgan fingerprint density at radius 1 is 0.955 bits per heavy atom. The number of sulfonamides is 1. The summed E-state index contributed by atoms with van der Waals surface area (Å²) in [6, 6.07) is 17.8. The lowest BCUT2D eigenvalue weighted by atomic mass is 9.97. The number of hydrogen-bond acceptors (Lipinski definition) is 8. The van der Waals surface area contributed by atoms with Gasteiger partial charge in [-0.25, -0.2) is 27.2 Å². The van der Waals surface area contributed by atoms with Crippen LogP contribution in [0.2, 0.25) is 0 Å². The van der Waals surface area contributed by atoms with E-state index in [9.17, 15) is 17.2 Å². The van der Waals surface area contributed by atoms with Gasteiger partial charge in [-0.3, -0.25) is 4.72 Å². The van der Waals surface area contributed by atoms with E-state index in [1.165, 1.54) is 7.11 Å². The van der Waals surface area contributed by atoms with Crippen molar-refractivity contribution >= 4 is 38.1 Å². The molecule has 3 N–H and O–H groups in total. The first kappa shape index (κ1) is 29.3. The normalized spacial score (nSPS) is 13.7. The molecule has 1 aliphatic rings. The zero-order valence-corrected chi connectivity index (χ0v) is 24.8. The average molecular weight is 618 g/mol. The van der Waals surface area contributed by atoms with Crippen molar-refractivity contribution in [3.8, 4) is 28.1 Å². The van der Waals surface area contributed by atoms with Crippen LogP contribution in [0.5, 0.6) is 5.88 Å². The first-order valence-electron chi connectivity index (χ1n) is 13.8. The Morgan fingerprint density at radius 3 is 2.39 bits per heavy atom. The van der Waals surface area contributed by atoms with E-state index >= 15 is 0 Å². The van der Waals surface area contributed by atoms with Crippen LogP contribution in [0.25, 0.3) is 33.2 Å². The number of fused-ring (bicyclic) bond motifs is 1. The van der Waals surface area contributed by atoms with Crippen molar-refractivity contribution < 1.29 is 26.7 Å². The molecule has 6 rings (SSSR count). The lowest BCUT2D eigenvalue weighted by molar-refractivity contribution is 0.122. The van der Waals surface area contributed by atoms with Gasteiger partial charge < -0.3 is 20.1 Å². The number of nitrogens with zero attached hydrogens (tertiary/aromatic N) is 3. The summed E-state index contributed by atoms with van der Waals surface area (Å²) in [6.45, 7) is 4.98. The molecule has 44 heavy (non-hydrogen) atoms. The third-order valence-corrected chi connectivity index (χ3v) is 8.93. The van der Waals surface area contributed by atoms with Crippen LogP contribution < -0.4 is 20.1 Å². The topological polar surface area (TPSA) is 120 Å². The van der Waals surface area contributed by atoms with Crippen LogP contribution in [0.15, 0.2) is 77.8 Å². The molecule has 5 aromatic rings. The summed E-state index contributed by atoms with van der Waals surface area (Å²) in [5.74, 6) is -1.72. The Labute approximate surface area is 253 Å². The number of ether oxygens (including phenoxy) is 2. The van der Waals surface area contributed by atoms with Gasteiger partial charge in [0, 0.05) is 47.6 Å². The maximum atomic E-state index is 14.3. The fourth-order valence-electron chi connectivity index (χ4n) is 5.29. The lowest BCUT2D eigenvalue weighted by Crippen LogP contribution is -2.36. The number of morpholine rings is 1. The summed E-state index contributed by atoms with van der Waals surface area (Å²) in [4.78, 5) is 10.5. The number of hydrogen-bond donors (Lipinski definition) is 2. The molecular formula is C32H29F2N5O4S. The summed E-state index contributed by atoms with van der Waals surface area (Å²) in [7, 11) is -3.10. The van der Waals surface area contributed by atoms with Gasteiger partial charge in [0.25, 0.3) is 10.0 Å². The van der Waals surface area contributed by atoms with E-state index in [1.54, 1.807) is 12.3 Å². The molecule has 1 aliphatic heterocycles. The maximum Gasteiger partial charge on any atom is 0.264 e. The minimum absolute atomic E-state index is 0.00954. The quantitative estimate of drug-likeness (QED) is 0.236. The van der Waals surface area contributed by atoms with Gasteiger partial charge in [0.05, 0.1) is 25.8 Å². The van der Waals surface area contributed by atoms with Gasteiger partial charge in [0.1, 0.15) is 28.0 Å². The summed E-state index contributed by atoms with van der Waals surface area (Å²) in [5.41, 5.74) is 12.1. The van der Waals surface area contributed by atoms with Gasteiger partial charge in [-0.1, -0.05) is 12.1 Å². The lowest BCUT2D eigenvalue weighted by Gasteiger charge is -2.29. The number of nitrogen functional groups attached to an aromatic ring is 1. The summed E-state index contributed by atoms with van der Waals surface area (Å²) in [6.07, 6.45) is 1.55. The third kappa shape index (κ3) is 5.73. The Balaban J connectivity index is 1.36. The van der Waals surface area contributed by atoms with Gasteiger partial charge in [-0.15, -0.1) is 0 Å². The number of rotatable bonds is 7. The number of benzene rings is 3. The van der Waals surface area contributed by atoms with E-state index < -0.39 is 26.6 Å². The average Bonchev–Trinajstić information content (AvgIpc) is 3.00. The Kier molecular flexibility index (Phi) is 7.78. The number of nitrogens with two attached hydrogens (primary N) is 1. The van der Waals surface area contributed by atoms with Gasteiger partial charge in [0.15, 0.2) is 0 Å². The van der Waals surface area contributed by atoms with Crippen LogP contribution in [-0.4, -0.2) is 51.8 Å². The van der Waals surface area contributed by atoms with Crippen LogP contribution in [0.4, 0.5) is 26.0 Å². The van der Waals surface area contributed by atoms with E-state index in [2.05, 4.69) is 31.7 Å². The highest BCUT2D eigenvalue weighted by Crippen LogP contribution is 2.36. The molecule has 0 amide bonds. The first-order chi connectivity index (χ1) is 21.1. The molecule has 3 aromatic carbocycles. The fourth-order valence-corrected chi connectivity index (χ4v) is 6.39. The van der Waals surface area contributed by atoms with Crippen LogP contribution >= 0.6 is 0 Å². The molecule has 1 saturated heterocycles. The molecule has 0 bridgehead atoms. The predicted molar refractivity (Wildman–Crippen MR) is 166 cm³/mol. The maximum absolute atomic E-state index is 14.3. The van der Waals surface area contributed by atoms with Crippen LogP contribution in [-0.2, 0) is 14.8 Å². The van der Waals surface area contributed by atoms with E-state index in [0.717, 1.165) is 58.5 Å². The van der Waals surface area contributed by atoms with Crippen molar-refractivity contribution in [2.75, 3.05) is 48.8 Å². The van der Waals surface area contributed by atoms with Crippen molar-refractivity contribution in [1.29, 1.82) is 0 Å². The number of nitrogens with one attached hydrogen (secondary N) is 1. The van der Waals surface area contributed by atoms with E-state index in [-0.39, 0.29) is 11.6 Å². The third-order valence-electron chi connectivity index (χ3n) is 7.53. The molecule has 0 saturated carbocycles. The first-order valence-corrected chi connectivity index (χ1v) is 15.3. The highest BCUT2D eigenvalue weighted by atomic mass is 32.2. The molecule has 9 nitrogen and oxygen atoms in total. The minimum Gasteiger partial charge on any atom is -0.480 e. The van der Waals surface area contributed by atoms with Crippen molar-refractivity contribution in [2.45, 2.75) is 11.8 Å². The molecule has 3 heterocycles. The Bertz CT molecular complexity index is 1980. The number of aromatic nitrogens is 2. The van der Waals surface area contributed by atoms with Gasteiger partial charge in [0.2, 0.25) is 5.88 Å². The minimum atomic E-state index is -4.43. The number of aryl methyl sites for hydroxylation is 1. The standard InChI is InChI=1S/C32H29F2N5O4S/c1-19-13-28-21(15-26(31(35)37-28)20-3-6-24(7-4-20)39-9-11-43-12-10-39)14-25(19)22-16-29(32(42-2)36-18-22)38-44(40,41)30-8-5-23(33)17-27(30)34/h3-8,13-18,38H,9-12H2,1-2H3,(H2,35,37). The summed E-state index contributed by atoms with van der Waals surface area (Å²) >= 11 is 0. The molecule has 226 valence electrons. The monoisotopic (exact) mass is 617 g/mol. The molecule has 1 fully saturated rings. The number of anilines is 3. The zero-order chi connectivity index (χ0) is 31.0. The van der Waals surface area contributed by atoms with E-state index in [4.69, 9.17) is 15.2 Å². The van der Waals surface area contributed by atoms with Crippen molar-refractivity contribution in [3.63, 3.8) is 0 Å². The number of methoxy groups -OCH3 is 1. The fraction of sp³-hybridized carbons (Fsp3) is 0.188. The highest BCUT2D eigenvalue weighted by Gasteiger charge is 2.23. The van der Waals surface area contributed by atoms with E-state index in [0.29, 0.717) is 36.2 Å². The second-order valence-corrected chi connectivity index (χ2v) is 12.0. The predicted octanol–water partition coefficient (Wildman–Crippen LogP) is 5.78. The Morgan fingerprint density at radius 2 is 1.68 bits per heavy atom. The van der Waals surface area contributed by atoms with E-state index in [1.807, 2.05) is 37.3 Å². The van der Waals surface area contributed by atoms with Crippen LogP contribution in [0.3, 0.4) is 0 Å². The summed E-state index contributed by atoms with van der Waals surface area (Å²) < 4.78 is 66.8. The molecule has 0 unspecified atom stereocenters. The van der Waals surface area contributed by atoms with Crippen molar-refractivity contribution in [2.24, 2.45) is 0 Å². The second kappa shape index (κ2) is 11.7. The zero-order valence-electron chi connectivity index (χ0n) is 24.0. The smallest absolute Gasteiger partial charge is 0.264 e. The molecule has 0 atom stereocenters. The second-order valence-electron chi connectivity index (χ2n) is 10.4. The van der Waals surface area contributed by atoms with Gasteiger partial charge >= 0.3 is 0 Å². The van der Waals surface area contributed by atoms with Crippen LogP contribution in [0, 0.1) is 18.6 Å². The van der Waals surface area contributed by atoms with Gasteiger partial charge in [-0.2, -0.15) is 0 Å². The molecule has 12 heteroatoms. The molecule has 0 radical (unpaired) electrons. The molecule has 0 aliphatic carbocycles. The SMILES string of the molecule is COc1ncc(-c2cc3cc(-c4ccc(N5CCOCC5)cc4)c(N)nc3cc2C)cc1NS(=O)(=O)c1ccc(F)cc1F. The van der Waals surface area contributed by atoms with Crippen LogP contribution in [0.1, 0.15) is 5.56 Å². The molecule has 2 aromatic heterocycles. The number of pyridine rings is 2. The Hall–Kier alpha value is -4.81. The largest absolute Gasteiger partial charge is 0.480 e. The highest BCUT2D eigenvalue weighted by molar-refractivity contribution is 7.92. The van der Waals surface area contributed by atoms with Crippen molar-refractivity contribution in [1.82, 2.24) is 9.97 Å². The van der Waals surface area contributed by atoms with Crippen molar-refractivity contribution in [3.05, 3.63) is 90.1 Å². The molecule has 0 spiro atoms. The molecular weight excluding hydrogens is 588 g/mol. The number of halogens is 2.